The summed E-state index contributed by atoms with van der Waals surface area (Å²) in [7, 11) is -0.944. The van der Waals surface area contributed by atoms with Crippen LogP contribution in [-0.2, 0) is 33.1 Å². The molecule has 2 heterocycles. The van der Waals surface area contributed by atoms with Gasteiger partial charge in [-0.15, -0.1) is 0 Å². The van der Waals surface area contributed by atoms with E-state index in [1.807, 2.05) is 29.9 Å². The van der Waals surface area contributed by atoms with Crippen molar-refractivity contribution in [3.63, 3.8) is 0 Å². The maximum atomic E-state index is 14.1. The lowest BCUT2D eigenvalue weighted by atomic mass is 10.0. The molecule has 12 heteroatoms. The van der Waals surface area contributed by atoms with E-state index in [0.29, 0.717) is 11.6 Å². The lowest BCUT2D eigenvalue weighted by Gasteiger charge is -2.26. The Kier molecular flexibility index (Phi) is 9.29. The molecule has 0 spiro atoms. The molecule has 1 fully saturated rings. The predicted octanol–water partition coefficient (Wildman–Crippen LogP) is 4.86. The third-order valence-corrected chi connectivity index (χ3v) is 8.31. The summed E-state index contributed by atoms with van der Waals surface area (Å²) < 4.78 is 67.1. The number of aryl methyl sites for hydroxylation is 1. The first-order valence-electron chi connectivity index (χ1n) is 13.5. The first-order chi connectivity index (χ1) is 20.7. The number of morpholine rings is 1. The van der Waals surface area contributed by atoms with Crippen molar-refractivity contribution >= 4 is 32.9 Å². The van der Waals surface area contributed by atoms with Crippen molar-refractivity contribution in [2.24, 2.45) is 12.0 Å². The number of sulfonamides is 1. The average Bonchev–Trinajstić information content (AvgIpc) is 3.32. The number of fused-ring (bicyclic) bond motifs is 1. The Bertz CT molecular complexity index is 1790. The number of hydrogen-bond acceptors (Lipinski definition) is 7. The van der Waals surface area contributed by atoms with Crippen LogP contribution in [0.25, 0.3) is 27.7 Å². The van der Waals surface area contributed by atoms with Gasteiger partial charge in [-0.25, -0.2) is 22.2 Å². The first-order valence-corrected chi connectivity index (χ1v) is 15.0. The molecule has 1 aliphatic rings. The smallest absolute Gasteiger partial charge is 0.264 e. The number of nitrogens with zero attached hydrogens (tertiary/aromatic N) is 4. The highest BCUT2D eigenvalue weighted by molar-refractivity contribution is 7.89. The first kappa shape index (κ1) is 30.1. The number of aromatic nitrogens is 2. The van der Waals surface area contributed by atoms with E-state index < -0.39 is 26.6 Å². The van der Waals surface area contributed by atoms with Crippen LogP contribution >= 0.6 is 0 Å². The molecule has 5 rings (SSSR count). The van der Waals surface area contributed by atoms with Crippen molar-refractivity contribution in [2.45, 2.75) is 11.4 Å². The van der Waals surface area contributed by atoms with Crippen LogP contribution < -0.4 is 4.72 Å². The molecule has 4 aromatic rings. The van der Waals surface area contributed by atoms with Crippen LogP contribution in [0.4, 0.5) is 8.78 Å². The van der Waals surface area contributed by atoms with Crippen LogP contribution in [0.2, 0.25) is 0 Å². The molecular weight excluding hydrogens is 576 g/mol. The molecule has 0 aliphatic carbocycles. The zero-order chi connectivity index (χ0) is 30.4. The van der Waals surface area contributed by atoms with Gasteiger partial charge in [0.05, 0.1) is 31.5 Å². The van der Waals surface area contributed by atoms with Gasteiger partial charge >= 0.3 is 0 Å². The second-order valence-corrected chi connectivity index (χ2v) is 11.6. The number of aliphatic imine (C=N–C) groups is 1. The number of ether oxygens (including phenoxy) is 2. The monoisotopic (exact) mass is 607 g/mol. The van der Waals surface area contributed by atoms with Gasteiger partial charge in [0.2, 0.25) is 0 Å². The van der Waals surface area contributed by atoms with Gasteiger partial charge in [-0.3, -0.25) is 14.3 Å². The normalized spacial score (nSPS) is 15.1. The molecule has 1 saturated heterocycles. The summed E-state index contributed by atoms with van der Waals surface area (Å²) in [6.45, 7) is 4.20. The molecule has 43 heavy (non-hydrogen) atoms. The van der Waals surface area contributed by atoms with E-state index in [0.717, 1.165) is 78.9 Å². The third-order valence-electron chi connectivity index (χ3n) is 6.95. The number of allylic oxidation sites excluding steroid dienone is 2. The average molecular weight is 608 g/mol. The molecule has 0 atom stereocenters. The Hall–Kier alpha value is -4.39. The fraction of sp³-hybridized carbons (Fsp3) is 0.226. The van der Waals surface area contributed by atoms with E-state index in [1.54, 1.807) is 0 Å². The molecule has 224 valence electrons. The van der Waals surface area contributed by atoms with Gasteiger partial charge in [0, 0.05) is 61.7 Å². The van der Waals surface area contributed by atoms with Crippen molar-refractivity contribution in [2.75, 3.05) is 33.4 Å². The van der Waals surface area contributed by atoms with E-state index in [2.05, 4.69) is 44.0 Å². The van der Waals surface area contributed by atoms with E-state index in [1.165, 1.54) is 31.3 Å². The summed E-state index contributed by atoms with van der Waals surface area (Å²) in [5, 5.41) is 5.57. The lowest BCUT2D eigenvalue weighted by Crippen LogP contribution is -2.35. The molecule has 0 radical (unpaired) electrons. The van der Waals surface area contributed by atoms with Crippen LogP contribution in [0, 0.1) is 11.6 Å². The molecular formula is C31H31F2N5O4S. The van der Waals surface area contributed by atoms with E-state index >= 15 is 0 Å². The largest absolute Gasteiger partial charge is 0.486 e. The predicted molar refractivity (Wildman–Crippen MR) is 162 cm³/mol. The lowest BCUT2D eigenvalue weighted by molar-refractivity contribution is 0.0342. The molecule has 1 aromatic heterocycles. The summed E-state index contributed by atoms with van der Waals surface area (Å²) in [5.74, 6) is -2.06. The van der Waals surface area contributed by atoms with Gasteiger partial charge in [0.25, 0.3) is 10.0 Å². The zero-order valence-corrected chi connectivity index (χ0v) is 24.5. The van der Waals surface area contributed by atoms with Crippen LogP contribution in [0.5, 0.6) is 0 Å². The fourth-order valence-electron chi connectivity index (χ4n) is 4.86. The topological polar surface area (TPSA) is 98.0 Å². The van der Waals surface area contributed by atoms with E-state index in [-0.39, 0.29) is 0 Å². The Labute approximate surface area is 248 Å². The van der Waals surface area contributed by atoms with Crippen LogP contribution in [0.1, 0.15) is 11.1 Å². The van der Waals surface area contributed by atoms with E-state index in [9.17, 15) is 17.2 Å². The molecule has 3 aromatic carbocycles. The van der Waals surface area contributed by atoms with Crippen molar-refractivity contribution < 1.29 is 26.7 Å². The second-order valence-electron chi connectivity index (χ2n) is 9.89. The number of halogens is 2. The highest BCUT2D eigenvalue weighted by atomic mass is 32.2. The Balaban J connectivity index is 1.43. The summed E-state index contributed by atoms with van der Waals surface area (Å²) >= 11 is 0. The highest BCUT2D eigenvalue weighted by Crippen LogP contribution is 2.31. The summed E-state index contributed by atoms with van der Waals surface area (Å²) in [6.07, 6.45) is 5.39. The summed E-state index contributed by atoms with van der Waals surface area (Å²) in [5.41, 5.74) is 5.18. The minimum atomic E-state index is -4.29. The SMILES string of the molecule is COC=N/C=C(\C=C\NS(=O)(=O)c1ccc(F)cc1F)c1ccc2nn(C)c(-c3ccc(CN4CCOCC4)cc3)c2c1. The number of rotatable bonds is 10. The number of benzene rings is 3. The van der Waals surface area contributed by atoms with Crippen molar-refractivity contribution in [1.29, 1.82) is 0 Å². The molecule has 1 aliphatic heterocycles. The third kappa shape index (κ3) is 7.16. The van der Waals surface area contributed by atoms with Gasteiger partial charge < -0.3 is 9.47 Å². The van der Waals surface area contributed by atoms with Crippen LogP contribution in [-0.4, -0.2) is 62.9 Å². The van der Waals surface area contributed by atoms with Crippen molar-refractivity contribution in [3.05, 3.63) is 102 Å². The molecule has 0 amide bonds. The minimum absolute atomic E-state index is 0.515. The fourth-order valence-corrected chi connectivity index (χ4v) is 5.80. The number of methoxy groups -OCH3 is 1. The Morgan fingerprint density at radius 3 is 2.58 bits per heavy atom. The number of hydrogen-bond donors (Lipinski definition) is 1. The molecule has 9 nitrogen and oxygen atoms in total. The van der Waals surface area contributed by atoms with Gasteiger partial charge in [0.15, 0.2) is 6.40 Å². The molecule has 0 saturated carbocycles. The second kappa shape index (κ2) is 13.3. The van der Waals surface area contributed by atoms with Gasteiger partial charge in [-0.2, -0.15) is 5.10 Å². The maximum absolute atomic E-state index is 14.1. The maximum Gasteiger partial charge on any atom is 0.264 e. The van der Waals surface area contributed by atoms with Crippen molar-refractivity contribution in [3.8, 4) is 11.3 Å². The Morgan fingerprint density at radius 1 is 1.09 bits per heavy atom. The van der Waals surface area contributed by atoms with Crippen LogP contribution in [0.15, 0.2) is 89.0 Å². The highest BCUT2D eigenvalue weighted by Gasteiger charge is 2.18. The molecule has 0 unspecified atom stereocenters. The summed E-state index contributed by atoms with van der Waals surface area (Å²) in [4.78, 5) is 5.82. The zero-order valence-electron chi connectivity index (χ0n) is 23.7. The van der Waals surface area contributed by atoms with Gasteiger partial charge in [-0.05, 0) is 41.5 Å². The van der Waals surface area contributed by atoms with Gasteiger partial charge in [0.1, 0.15) is 16.5 Å². The quantitative estimate of drug-likeness (QED) is 0.157. The molecule has 1 N–H and O–H groups in total. The van der Waals surface area contributed by atoms with Gasteiger partial charge in [-0.1, -0.05) is 30.3 Å². The van der Waals surface area contributed by atoms with Crippen LogP contribution in [0.3, 0.4) is 0 Å². The van der Waals surface area contributed by atoms with E-state index in [4.69, 9.17) is 9.47 Å². The minimum Gasteiger partial charge on any atom is -0.486 e. The standard InChI is InChI=1S/C31H31F2N5O4S/c1-37-31(23-5-3-22(4-6-23)20-38-13-15-42-16-14-38)27-17-24(7-9-29(27)36-37)25(19-34-21-41-2)11-12-35-43(39,40)30-10-8-26(32)18-28(30)33/h3-12,17-19,21,35H,13-16,20H2,1-2H3/b12-11+,25-19+,34-21?. The number of nitrogens with one attached hydrogen (secondary N) is 1. The summed E-state index contributed by atoms with van der Waals surface area (Å²) in [6, 6.07) is 16.3. The molecule has 0 bridgehead atoms. The Morgan fingerprint density at radius 2 is 1.86 bits per heavy atom. The van der Waals surface area contributed by atoms with Crippen molar-refractivity contribution in [1.82, 2.24) is 19.4 Å².